The maximum Gasteiger partial charge on any atom is 0.119 e. The molecular formula is C17H29NO. The minimum absolute atomic E-state index is 0.244. The van der Waals surface area contributed by atoms with Crippen LogP contribution in [0.15, 0.2) is 24.3 Å². The van der Waals surface area contributed by atoms with Crippen molar-refractivity contribution in [3.63, 3.8) is 0 Å². The van der Waals surface area contributed by atoms with Crippen LogP contribution in [0.4, 0.5) is 0 Å². The summed E-state index contributed by atoms with van der Waals surface area (Å²) in [6, 6.07) is 9.17. The van der Waals surface area contributed by atoms with Crippen LogP contribution in [0.5, 0.6) is 5.75 Å². The van der Waals surface area contributed by atoms with E-state index in [9.17, 15) is 0 Å². The van der Waals surface area contributed by atoms with Gasteiger partial charge in [0.15, 0.2) is 0 Å². The van der Waals surface area contributed by atoms with Crippen LogP contribution in [0.2, 0.25) is 0 Å². The van der Waals surface area contributed by atoms with Gasteiger partial charge in [0.1, 0.15) is 5.75 Å². The van der Waals surface area contributed by atoms with Crippen molar-refractivity contribution in [2.24, 2.45) is 0 Å². The van der Waals surface area contributed by atoms with Gasteiger partial charge < -0.3 is 10.1 Å². The van der Waals surface area contributed by atoms with Gasteiger partial charge in [-0.25, -0.2) is 0 Å². The zero-order valence-electron chi connectivity index (χ0n) is 12.9. The standard InChI is InChI=1S/C17H29NO/c1-5-13-18-16(6-2)10-7-15-8-11-17(12-9-15)19-14(3)4/h8-9,11-12,14,16,18H,5-7,10,13H2,1-4H3. The Bertz CT molecular complexity index is 332. The number of rotatable bonds is 9. The van der Waals surface area contributed by atoms with E-state index in [0.29, 0.717) is 6.04 Å². The van der Waals surface area contributed by atoms with Gasteiger partial charge >= 0.3 is 0 Å². The molecule has 0 radical (unpaired) electrons. The summed E-state index contributed by atoms with van der Waals surface area (Å²) in [6.45, 7) is 9.71. The normalized spacial score (nSPS) is 12.7. The summed E-state index contributed by atoms with van der Waals surface area (Å²) >= 11 is 0. The Morgan fingerprint density at radius 1 is 1.11 bits per heavy atom. The van der Waals surface area contributed by atoms with Gasteiger partial charge in [-0.15, -0.1) is 0 Å². The third kappa shape index (κ3) is 6.63. The van der Waals surface area contributed by atoms with Crippen LogP contribution in [0, 0.1) is 0 Å². The lowest BCUT2D eigenvalue weighted by Gasteiger charge is -2.16. The number of nitrogens with one attached hydrogen (secondary N) is 1. The lowest BCUT2D eigenvalue weighted by Crippen LogP contribution is -2.29. The predicted octanol–water partition coefficient (Wildman–Crippen LogP) is 4.18. The molecule has 0 amide bonds. The van der Waals surface area contributed by atoms with Crippen LogP contribution in [0.1, 0.15) is 52.5 Å². The Kier molecular flexibility index (Phi) is 7.57. The number of hydrogen-bond acceptors (Lipinski definition) is 2. The van der Waals surface area contributed by atoms with Crippen molar-refractivity contribution in [2.75, 3.05) is 6.54 Å². The lowest BCUT2D eigenvalue weighted by atomic mass is 10.0. The van der Waals surface area contributed by atoms with Crippen LogP contribution in [0.3, 0.4) is 0 Å². The largest absolute Gasteiger partial charge is 0.491 e. The van der Waals surface area contributed by atoms with Crippen LogP contribution in [-0.4, -0.2) is 18.7 Å². The van der Waals surface area contributed by atoms with E-state index in [1.165, 1.54) is 24.8 Å². The van der Waals surface area contributed by atoms with Crippen molar-refractivity contribution < 1.29 is 4.74 Å². The molecule has 0 aliphatic heterocycles. The third-order valence-corrected chi connectivity index (χ3v) is 3.25. The minimum Gasteiger partial charge on any atom is -0.491 e. The first-order valence-electron chi connectivity index (χ1n) is 7.64. The van der Waals surface area contributed by atoms with Crippen molar-refractivity contribution in [3.8, 4) is 5.75 Å². The van der Waals surface area contributed by atoms with E-state index >= 15 is 0 Å². The van der Waals surface area contributed by atoms with Gasteiger partial charge in [0.05, 0.1) is 6.10 Å². The number of hydrogen-bond donors (Lipinski definition) is 1. The molecule has 2 nitrogen and oxygen atoms in total. The average molecular weight is 263 g/mol. The second kappa shape index (κ2) is 8.98. The Morgan fingerprint density at radius 2 is 1.79 bits per heavy atom. The molecule has 1 aromatic carbocycles. The Labute approximate surface area is 118 Å². The molecule has 0 spiro atoms. The van der Waals surface area contributed by atoms with Gasteiger partial charge in [-0.05, 0) is 63.8 Å². The number of benzene rings is 1. The monoisotopic (exact) mass is 263 g/mol. The van der Waals surface area contributed by atoms with Gasteiger partial charge in [0.25, 0.3) is 0 Å². The van der Waals surface area contributed by atoms with Crippen molar-refractivity contribution >= 4 is 0 Å². The van der Waals surface area contributed by atoms with Gasteiger partial charge in [-0.2, -0.15) is 0 Å². The molecule has 0 heterocycles. The molecule has 1 unspecified atom stereocenters. The molecule has 0 bridgehead atoms. The molecule has 108 valence electrons. The molecule has 1 aromatic rings. The fraction of sp³-hybridized carbons (Fsp3) is 0.647. The summed E-state index contributed by atoms with van der Waals surface area (Å²) in [5, 5.41) is 3.60. The van der Waals surface area contributed by atoms with Gasteiger partial charge in [0, 0.05) is 6.04 Å². The zero-order chi connectivity index (χ0) is 14.1. The Balaban J connectivity index is 2.39. The van der Waals surface area contributed by atoms with Crippen LogP contribution in [0.25, 0.3) is 0 Å². The van der Waals surface area contributed by atoms with E-state index in [-0.39, 0.29) is 6.10 Å². The number of ether oxygens (including phenoxy) is 1. The quantitative estimate of drug-likeness (QED) is 0.721. The van der Waals surface area contributed by atoms with E-state index in [0.717, 1.165) is 18.7 Å². The molecule has 0 aromatic heterocycles. The van der Waals surface area contributed by atoms with Crippen LogP contribution >= 0.6 is 0 Å². The Hall–Kier alpha value is -1.02. The van der Waals surface area contributed by atoms with Gasteiger partial charge in [0.2, 0.25) is 0 Å². The molecule has 2 heteroatoms. The summed E-state index contributed by atoms with van der Waals surface area (Å²) in [5.74, 6) is 0.967. The molecule has 0 saturated carbocycles. The van der Waals surface area contributed by atoms with E-state index in [1.54, 1.807) is 0 Å². The first-order valence-corrected chi connectivity index (χ1v) is 7.64. The van der Waals surface area contributed by atoms with Crippen LogP contribution < -0.4 is 10.1 Å². The molecule has 0 fully saturated rings. The lowest BCUT2D eigenvalue weighted by molar-refractivity contribution is 0.242. The first-order chi connectivity index (χ1) is 9.15. The fourth-order valence-electron chi connectivity index (χ4n) is 2.15. The highest BCUT2D eigenvalue weighted by Crippen LogP contribution is 2.15. The van der Waals surface area contributed by atoms with E-state index in [1.807, 2.05) is 0 Å². The summed E-state index contributed by atoms with van der Waals surface area (Å²) < 4.78 is 5.66. The second-order valence-corrected chi connectivity index (χ2v) is 5.41. The molecule has 1 N–H and O–H groups in total. The minimum atomic E-state index is 0.244. The molecule has 0 aliphatic rings. The highest BCUT2D eigenvalue weighted by molar-refractivity contribution is 5.27. The summed E-state index contributed by atoms with van der Waals surface area (Å²) in [7, 11) is 0. The maximum atomic E-state index is 5.66. The zero-order valence-corrected chi connectivity index (χ0v) is 12.9. The molecule has 1 atom stereocenters. The topological polar surface area (TPSA) is 21.3 Å². The molecule has 1 rings (SSSR count). The summed E-state index contributed by atoms with van der Waals surface area (Å²) in [6.07, 6.45) is 5.00. The fourth-order valence-corrected chi connectivity index (χ4v) is 2.15. The van der Waals surface area contributed by atoms with Crippen molar-refractivity contribution in [1.29, 1.82) is 0 Å². The SMILES string of the molecule is CCCNC(CC)CCc1ccc(OC(C)C)cc1. The van der Waals surface area contributed by atoms with E-state index in [4.69, 9.17) is 4.74 Å². The Morgan fingerprint density at radius 3 is 2.32 bits per heavy atom. The van der Waals surface area contributed by atoms with E-state index < -0.39 is 0 Å². The van der Waals surface area contributed by atoms with Gasteiger partial charge in [-0.3, -0.25) is 0 Å². The average Bonchev–Trinajstić information content (AvgIpc) is 2.40. The summed E-state index contributed by atoms with van der Waals surface area (Å²) in [4.78, 5) is 0. The first kappa shape index (κ1) is 16.0. The number of aryl methyl sites for hydroxylation is 1. The van der Waals surface area contributed by atoms with Gasteiger partial charge in [-0.1, -0.05) is 26.0 Å². The van der Waals surface area contributed by atoms with E-state index in [2.05, 4.69) is 57.3 Å². The third-order valence-electron chi connectivity index (χ3n) is 3.25. The second-order valence-electron chi connectivity index (χ2n) is 5.41. The highest BCUT2D eigenvalue weighted by atomic mass is 16.5. The van der Waals surface area contributed by atoms with Crippen molar-refractivity contribution in [3.05, 3.63) is 29.8 Å². The predicted molar refractivity (Wildman–Crippen MR) is 82.9 cm³/mol. The van der Waals surface area contributed by atoms with Crippen molar-refractivity contribution in [1.82, 2.24) is 5.32 Å². The molecular weight excluding hydrogens is 234 g/mol. The molecule has 19 heavy (non-hydrogen) atoms. The van der Waals surface area contributed by atoms with Crippen LogP contribution in [-0.2, 0) is 6.42 Å². The highest BCUT2D eigenvalue weighted by Gasteiger charge is 2.05. The van der Waals surface area contributed by atoms with Crippen molar-refractivity contribution in [2.45, 2.75) is 65.5 Å². The maximum absolute atomic E-state index is 5.66. The smallest absolute Gasteiger partial charge is 0.119 e. The summed E-state index contributed by atoms with van der Waals surface area (Å²) in [5.41, 5.74) is 1.40. The molecule has 0 saturated heterocycles. The molecule has 0 aliphatic carbocycles.